The number of halogens is 2. The van der Waals surface area contributed by atoms with Gasteiger partial charge < -0.3 is 9.73 Å². The highest BCUT2D eigenvalue weighted by Crippen LogP contribution is 2.26. The Morgan fingerprint density at radius 1 is 1.28 bits per heavy atom. The number of nitrogens with zero attached hydrogens (tertiary/aromatic N) is 1. The standard InChI is InChI=1S/C18H14ClFN2O2S/c1-11-2-5-13(19)8-15(11)22-17(23)10-25-18-21-9-16(24-18)12-3-6-14(20)7-4-12/h2-9H,10H2,1H3,(H,22,23). The minimum absolute atomic E-state index is 0.148. The predicted octanol–water partition coefficient (Wildman–Crippen LogP) is 5.17. The van der Waals surface area contributed by atoms with Gasteiger partial charge in [-0.2, -0.15) is 0 Å². The van der Waals surface area contributed by atoms with E-state index < -0.39 is 0 Å². The summed E-state index contributed by atoms with van der Waals surface area (Å²) < 4.78 is 18.5. The lowest BCUT2D eigenvalue weighted by Gasteiger charge is -2.07. The Morgan fingerprint density at radius 2 is 2.04 bits per heavy atom. The number of aryl methyl sites for hydroxylation is 1. The molecule has 0 aliphatic carbocycles. The van der Waals surface area contributed by atoms with Gasteiger partial charge in [0.2, 0.25) is 5.91 Å². The molecule has 1 N–H and O–H groups in total. The second-order valence-corrected chi connectivity index (χ2v) is 6.66. The minimum Gasteiger partial charge on any atom is -0.431 e. The summed E-state index contributed by atoms with van der Waals surface area (Å²) >= 11 is 7.12. The van der Waals surface area contributed by atoms with Crippen LogP contribution in [0.25, 0.3) is 11.3 Å². The van der Waals surface area contributed by atoms with E-state index in [0.29, 0.717) is 21.7 Å². The molecular weight excluding hydrogens is 363 g/mol. The Hall–Kier alpha value is -2.31. The monoisotopic (exact) mass is 376 g/mol. The highest BCUT2D eigenvalue weighted by molar-refractivity contribution is 7.99. The molecule has 1 aromatic heterocycles. The fraction of sp³-hybridized carbons (Fsp3) is 0.111. The van der Waals surface area contributed by atoms with Crippen molar-refractivity contribution in [3.05, 3.63) is 65.1 Å². The predicted molar refractivity (Wildman–Crippen MR) is 97.4 cm³/mol. The van der Waals surface area contributed by atoms with Crippen molar-refractivity contribution in [2.45, 2.75) is 12.1 Å². The van der Waals surface area contributed by atoms with E-state index in [1.54, 1.807) is 30.5 Å². The highest BCUT2D eigenvalue weighted by atomic mass is 35.5. The average Bonchev–Trinajstić information content (AvgIpc) is 3.06. The number of nitrogens with one attached hydrogen (secondary N) is 1. The van der Waals surface area contributed by atoms with Crippen LogP contribution in [0.5, 0.6) is 0 Å². The third-order valence-electron chi connectivity index (χ3n) is 3.41. The van der Waals surface area contributed by atoms with Crippen molar-refractivity contribution in [3.63, 3.8) is 0 Å². The molecule has 0 fully saturated rings. The summed E-state index contributed by atoms with van der Waals surface area (Å²) in [5.74, 6) is 0.173. The van der Waals surface area contributed by atoms with Gasteiger partial charge in [-0.15, -0.1) is 0 Å². The van der Waals surface area contributed by atoms with E-state index in [1.165, 1.54) is 23.9 Å². The number of aromatic nitrogens is 1. The van der Waals surface area contributed by atoms with Crippen LogP contribution in [0.2, 0.25) is 5.02 Å². The van der Waals surface area contributed by atoms with Gasteiger partial charge in [0, 0.05) is 16.3 Å². The molecule has 1 amide bonds. The zero-order valence-electron chi connectivity index (χ0n) is 13.3. The van der Waals surface area contributed by atoms with Crippen LogP contribution in [-0.2, 0) is 4.79 Å². The summed E-state index contributed by atoms with van der Waals surface area (Å²) in [4.78, 5) is 16.2. The van der Waals surface area contributed by atoms with Crippen molar-refractivity contribution < 1.29 is 13.6 Å². The minimum atomic E-state index is -0.314. The normalized spacial score (nSPS) is 10.7. The van der Waals surface area contributed by atoms with E-state index >= 15 is 0 Å². The number of thioether (sulfide) groups is 1. The van der Waals surface area contributed by atoms with Crippen LogP contribution < -0.4 is 5.32 Å². The van der Waals surface area contributed by atoms with Crippen LogP contribution in [-0.4, -0.2) is 16.6 Å². The highest BCUT2D eigenvalue weighted by Gasteiger charge is 2.11. The van der Waals surface area contributed by atoms with Gasteiger partial charge in [0.15, 0.2) is 5.76 Å². The molecule has 0 aliphatic rings. The van der Waals surface area contributed by atoms with Crippen LogP contribution in [0, 0.1) is 12.7 Å². The Morgan fingerprint density at radius 3 is 2.80 bits per heavy atom. The number of anilines is 1. The van der Waals surface area contributed by atoms with Crippen LogP contribution >= 0.6 is 23.4 Å². The first kappa shape index (κ1) is 17.5. The molecule has 128 valence electrons. The van der Waals surface area contributed by atoms with Gasteiger partial charge in [-0.25, -0.2) is 9.37 Å². The molecule has 0 bridgehead atoms. The number of benzene rings is 2. The molecule has 0 radical (unpaired) electrons. The number of carbonyl (C=O) groups is 1. The topological polar surface area (TPSA) is 55.1 Å². The number of oxazole rings is 1. The summed E-state index contributed by atoms with van der Waals surface area (Å²) in [5, 5.41) is 3.74. The maximum atomic E-state index is 12.9. The van der Waals surface area contributed by atoms with Gasteiger partial charge >= 0.3 is 0 Å². The first-order chi connectivity index (χ1) is 12.0. The second-order valence-electron chi connectivity index (χ2n) is 5.29. The molecule has 0 spiro atoms. The van der Waals surface area contributed by atoms with E-state index in [9.17, 15) is 9.18 Å². The molecular formula is C18H14ClFN2O2S. The van der Waals surface area contributed by atoms with Gasteiger partial charge in [0.25, 0.3) is 5.22 Å². The molecule has 3 rings (SSSR count). The Balaban J connectivity index is 1.59. The molecule has 0 aliphatic heterocycles. The molecule has 4 nitrogen and oxygen atoms in total. The Bertz CT molecular complexity index is 896. The van der Waals surface area contributed by atoms with Gasteiger partial charge in [-0.05, 0) is 48.9 Å². The second kappa shape index (κ2) is 7.72. The van der Waals surface area contributed by atoms with E-state index in [2.05, 4.69) is 10.3 Å². The van der Waals surface area contributed by atoms with Crippen molar-refractivity contribution in [1.29, 1.82) is 0 Å². The van der Waals surface area contributed by atoms with Crippen molar-refractivity contribution in [3.8, 4) is 11.3 Å². The van der Waals surface area contributed by atoms with Crippen LogP contribution in [0.3, 0.4) is 0 Å². The molecule has 1 heterocycles. The van der Waals surface area contributed by atoms with Crippen molar-refractivity contribution in [2.24, 2.45) is 0 Å². The molecule has 0 saturated carbocycles. The van der Waals surface area contributed by atoms with E-state index in [-0.39, 0.29) is 17.5 Å². The number of rotatable bonds is 5. The molecule has 25 heavy (non-hydrogen) atoms. The van der Waals surface area contributed by atoms with E-state index in [4.69, 9.17) is 16.0 Å². The number of carbonyl (C=O) groups excluding carboxylic acids is 1. The smallest absolute Gasteiger partial charge is 0.256 e. The SMILES string of the molecule is Cc1ccc(Cl)cc1NC(=O)CSc1ncc(-c2ccc(F)cc2)o1. The third kappa shape index (κ3) is 4.61. The summed E-state index contributed by atoms with van der Waals surface area (Å²) in [6.07, 6.45) is 1.55. The van der Waals surface area contributed by atoms with E-state index in [0.717, 1.165) is 11.1 Å². The maximum absolute atomic E-state index is 12.9. The number of amides is 1. The fourth-order valence-corrected chi connectivity index (χ4v) is 2.89. The molecule has 7 heteroatoms. The summed E-state index contributed by atoms with van der Waals surface area (Å²) in [6, 6.07) is 11.2. The van der Waals surface area contributed by atoms with Crippen molar-refractivity contribution in [2.75, 3.05) is 11.1 Å². The zero-order chi connectivity index (χ0) is 17.8. The van der Waals surface area contributed by atoms with Crippen LogP contribution in [0.15, 0.2) is 58.3 Å². The van der Waals surface area contributed by atoms with Gasteiger partial charge in [-0.3, -0.25) is 4.79 Å². The molecule has 0 saturated heterocycles. The summed E-state index contributed by atoms with van der Waals surface area (Å²) in [7, 11) is 0. The first-order valence-electron chi connectivity index (χ1n) is 7.42. The maximum Gasteiger partial charge on any atom is 0.256 e. The quantitative estimate of drug-likeness (QED) is 0.624. The van der Waals surface area contributed by atoms with Gasteiger partial charge in [0.05, 0.1) is 11.9 Å². The first-order valence-corrected chi connectivity index (χ1v) is 8.78. The molecule has 2 aromatic carbocycles. The molecule has 0 atom stereocenters. The molecule has 3 aromatic rings. The molecule has 0 unspecified atom stereocenters. The van der Waals surface area contributed by atoms with Crippen molar-refractivity contribution >= 4 is 35.0 Å². The number of hydrogen-bond acceptors (Lipinski definition) is 4. The zero-order valence-corrected chi connectivity index (χ0v) is 14.8. The lowest BCUT2D eigenvalue weighted by Crippen LogP contribution is -2.14. The van der Waals surface area contributed by atoms with Crippen molar-refractivity contribution in [1.82, 2.24) is 4.98 Å². The summed E-state index contributed by atoms with van der Waals surface area (Å²) in [6.45, 7) is 1.89. The number of hydrogen-bond donors (Lipinski definition) is 1. The Kier molecular flexibility index (Phi) is 5.40. The van der Waals surface area contributed by atoms with E-state index in [1.807, 2.05) is 13.0 Å². The van der Waals surface area contributed by atoms with Crippen LogP contribution in [0.1, 0.15) is 5.56 Å². The lowest BCUT2D eigenvalue weighted by atomic mass is 10.2. The fourth-order valence-electron chi connectivity index (χ4n) is 2.11. The van der Waals surface area contributed by atoms with Crippen LogP contribution in [0.4, 0.5) is 10.1 Å². The largest absolute Gasteiger partial charge is 0.431 e. The lowest BCUT2D eigenvalue weighted by molar-refractivity contribution is -0.113. The third-order valence-corrected chi connectivity index (χ3v) is 4.49. The Labute approximate surface area is 153 Å². The van der Waals surface area contributed by atoms with Gasteiger partial charge in [0.1, 0.15) is 5.82 Å². The summed E-state index contributed by atoms with van der Waals surface area (Å²) in [5.41, 5.74) is 2.33. The van der Waals surface area contributed by atoms with Gasteiger partial charge in [-0.1, -0.05) is 29.4 Å². The average molecular weight is 377 g/mol.